The molecule has 0 saturated heterocycles. The summed E-state index contributed by atoms with van der Waals surface area (Å²) in [6.07, 6.45) is 0. The molecular weight excluding hydrogens is 299 g/mol. The van der Waals surface area contributed by atoms with Gasteiger partial charge in [-0.25, -0.2) is 4.39 Å². The lowest BCUT2D eigenvalue weighted by Crippen LogP contribution is -2.14. The van der Waals surface area contributed by atoms with Gasteiger partial charge < -0.3 is 11.1 Å². The highest BCUT2D eigenvalue weighted by Crippen LogP contribution is 2.26. The molecule has 104 valence electrons. The van der Waals surface area contributed by atoms with Crippen LogP contribution in [0.25, 0.3) is 0 Å². The zero-order valence-corrected chi connectivity index (χ0v) is 12.0. The lowest BCUT2D eigenvalue weighted by molar-refractivity contribution is -0.113. The summed E-state index contributed by atoms with van der Waals surface area (Å²) in [6.45, 7) is 0. The Balaban J connectivity index is 1.90. The molecule has 1 amide bonds. The van der Waals surface area contributed by atoms with Gasteiger partial charge in [0.05, 0.1) is 16.5 Å². The first-order chi connectivity index (χ1) is 9.54. The van der Waals surface area contributed by atoms with Crippen molar-refractivity contribution in [2.75, 3.05) is 16.8 Å². The minimum Gasteiger partial charge on any atom is -0.398 e. The fraction of sp³-hybridized carbons (Fsp3) is 0.0714. The molecule has 2 rings (SSSR count). The van der Waals surface area contributed by atoms with E-state index >= 15 is 0 Å². The number of hydrogen-bond donors (Lipinski definition) is 2. The van der Waals surface area contributed by atoms with Gasteiger partial charge in [-0.15, -0.1) is 11.8 Å². The number of anilines is 2. The Kier molecular flexibility index (Phi) is 4.87. The number of hydrogen-bond acceptors (Lipinski definition) is 3. The number of rotatable bonds is 4. The van der Waals surface area contributed by atoms with E-state index < -0.39 is 0 Å². The Morgan fingerprint density at radius 2 is 2.10 bits per heavy atom. The number of carbonyl (C=O) groups is 1. The first-order valence-electron chi connectivity index (χ1n) is 5.78. The highest BCUT2D eigenvalue weighted by Gasteiger charge is 2.05. The van der Waals surface area contributed by atoms with Crippen LogP contribution in [0.15, 0.2) is 47.4 Å². The zero-order valence-electron chi connectivity index (χ0n) is 10.4. The summed E-state index contributed by atoms with van der Waals surface area (Å²) in [7, 11) is 0. The Morgan fingerprint density at radius 3 is 2.80 bits per heavy atom. The normalized spacial score (nSPS) is 10.3. The van der Waals surface area contributed by atoms with Gasteiger partial charge in [0.1, 0.15) is 5.82 Å². The zero-order chi connectivity index (χ0) is 14.5. The smallest absolute Gasteiger partial charge is 0.234 e. The van der Waals surface area contributed by atoms with E-state index in [2.05, 4.69) is 5.32 Å². The number of halogens is 2. The molecule has 0 unspecified atom stereocenters. The molecule has 0 aliphatic carbocycles. The van der Waals surface area contributed by atoms with Gasteiger partial charge in [-0.3, -0.25) is 4.79 Å². The van der Waals surface area contributed by atoms with Crippen LogP contribution in [0.5, 0.6) is 0 Å². The van der Waals surface area contributed by atoms with Crippen LogP contribution < -0.4 is 11.1 Å². The summed E-state index contributed by atoms with van der Waals surface area (Å²) in [5.74, 6) is -0.397. The van der Waals surface area contributed by atoms with Crippen molar-refractivity contribution in [3.8, 4) is 0 Å². The van der Waals surface area contributed by atoms with Crippen LogP contribution in [0.4, 0.5) is 15.8 Å². The van der Waals surface area contributed by atoms with E-state index in [-0.39, 0.29) is 17.5 Å². The Labute approximate surface area is 125 Å². The molecule has 0 spiro atoms. The molecule has 6 heteroatoms. The highest BCUT2D eigenvalue weighted by atomic mass is 35.5. The Bertz CT molecular complexity index is 636. The summed E-state index contributed by atoms with van der Waals surface area (Å²) < 4.78 is 13.0. The second kappa shape index (κ2) is 6.63. The number of nitrogens with one attached hydrogen (secondary N) is 1. The molecule has 0 fully saturated rings. The van der Waals surface area contributed by atoms with Crippen molar-refractivity contribution in [2.24, 2.45) is 0 Å². The average Bonchev–Trinajstić information content (AvgIpc) is 2.40. The molecule has 0 aromatic heterocycles. The van der Waals surface area contributed by atoms with Gasteiger partial charge in [-0.1, -0.05) is 17.7 Å². The molecule has 2 aromatic carbocycles. The van der Waals surface area contributed by atoms with Crippen molar-refractivity contribution in [1.29, 1.82) is 0 Å². The maximum absolute atomic E-state index is 13.0. The van der Waals surface area contributed by atoms with Crippen molar-refractivity contribution in [2.45, 2.75) is 4.90 Å². The molecule has 0 bridgehead atoms. The molecule has 20 heavy (non-hydrogen) atoms. The first kappa shape index (κ1) is 14.7. The van der Waals surface area contributed by atoms with Crippen LogP contribution in [0, 0.1) is 5.82 Å². The SMILES string of the molecule is Nc1ccc(SCC(=O)Nc2cccc(F)c2)cc1Cl. The van der Waals surface area contributed by atoms with Crippen molar-refractivity contribution in [3.05, 3.63) is 53.3 Å². The third kappa shape index (κ3) is 4.15. The number of amides is 1. The van der Waals surface area contributed by atoms with Crippen molar-refractivity contribution in [1.82, 2.24) is 0 Å². The van der Waals surface area contributed by atoms with E-state index in [9.17, 15) is 9.18 Å². The quantitative estimate of drug-likeness (QED) is 0.667. The summed E-state index contributed by atoms with van der Waals surface area (Å²) in [5, 5.41) is 3.08. The van der Waals surface area contributed by atoms with Gasteiger partial charge in [0, 0.05) is 10.6 Å². The van der Waals surface area contributed by atoms with E-state index in [1.807, 2.05) is 0 Å². The second-order valence-corrected chi connectivity index (χ2v) is 5.49. The standard InChI is InChI=1S/C14H12ClFN2OS/c15-12-7-11(4-5-13(12)17)20-8-14(19)18-10-3-1-2-9(16)6-10/h1-7H,8,17H2,(H,18,19). The summed E-state index contributed by atoms with van der Waals surface area (Å²) in [6, 6.07) is 10.9. The Hall–Kier alpha value is -1.72. The largest absolute Gasteiger partial charge is 0.398 e. The molecule has 2 aromatic rings. The van der Waals surface area contributed by atoms with E-state index in [0.717, 1.165) is 4.90 Å². The van der Waals surface area contributed by atoms with Gasteiger partial charge in [0.15, 0.2) is 0 Å². The molecule has 0 aliphatic rings. The average molecular weight is 311 g/mol. The molecule has 0 radical (unpaired) electrons. The maximum Gasteiger partial charge on any atom is 0.234 e. The van der Waals surface area contributed by atoms with E-state index in [1.165, 1.54) is 30.0 Å². The number of nitrogens with two attached hydrogens (primary N) is 1. The molecule has 3 nitrogen and oxygen atoms in total. The van der Waals surface area contributed by atoms with Crippen LogP contribution in [0.3, 0.4) is 0 Å². The van der Waals surface area contributed by atoms with Gasteiger partial charge in [-0.2, -0.15) is 0 Å². The monoisotopic (exact) mass is 310 g/mol. The third-order valence-electron chi connectivity index (χ3n) is 2.45. The van der Waals surface area contributed by atoms with Gasteiger partial charge in [0.25, 0.3) is 0 Å². The minimum absolute atomic E-state index is 0.205. The van der Waals surface area contributed by atoms with E-state index in [4.69, 9.17) is 17.3 Å². The number of carbonyl (C=O) groups excluding carboxylic acids is 1. The predicted octanol–water partition coefficient (Wildman–Crippen LogP) is 3.79. The van der Waals surface area contributed by atoms with Crippen LogP contribution in [0.1, 0.15) is 0 Å². The van der Waals surface area contributed by atoms with Gasteiger partial charge >= 0.3 is 0 Å². The lowest BCUT2D eigenvalue weighted by atomic mass is 10.3. The fourth-order valence-electron chi connectivity index (χ4n) is 1.51. The number of thioether (sulfide) groups is 1. The summed E-state index contributed by atoms with van der Waals surface area (Å²) >= 11 is 7.22. The van der Waals surface area contributed by atoms with E-state index in [1.54, 1.807) is 24.3 Å². The Morgan fingerprint density at radius 1 is 1.30 bits per heavy atom. The van der Waals surface area contributed by atoms with Crippen LogP contribution >= 0.6 is 23.4 Å². The second-order valence-electron chi connectivity index (χ2n) is 4.03. The van der Waals surface area contributed by atoms with E-state index in [0.29, 0.717) is 16.4 Å². The summed E-state index contributed by atoms with van der Waals surface area (Å²) in [5.41, 5.74) is 6.54. The van der Waals surface area contributed by atoms with Crippen LogP contribution in [0.2, 0.25) is 5.02 Å². The molecule has 0 saturated carbocycles. The first-order valence-corrected chi connectivity index (χ1v) is 7.14. The van der Waals surface area contributed by atoms with Crippen molar-refractivity contribution >= 4 is 40.6 Å². The molecular formula is C14H12ClFN2OS. The number of nitrogen functional groups attached to an aromatic ring is 1. The van der Waals surface area contributed by atoms with Crippen molar-refractivity contribution < 1.29 is 9.18 Å². The minimum atomic E-state index is -0.388. The molecule has 0 aliphatic heterocycles. The molecule has 3 N–H and O–H groups in total. The van der Waals surface area contributed by atoms with Crippen LogP contribution in [-0.2, 0) is 4.79 Å². The number of benzene rings is 2. The predicted molar refractivity (Wildman–Crippen MR) is 81.6 cm³/mol. The fourth-order valence-corrected chi connectivity index (χ4v) is 2.49. The lowest BCUT2D eigenvalue weighted by Gasteiger charge is -2.06. The van der Waals surface area contributed by atoms with Crippen molar-refractivity contribution in [3.63, 3.8) is 0 Å². The molecule has 0 heterocycles. The summed E-state index contributed by atoms with van der Waals surface area (Å²) in [4.78, 5) is 12.6. The van der Waals surface area contributed by atoms with Crippen LogP contribution in [-0.4, -0.2) is 11.7 Å². The maximum atomic E-state index is 13.0. The van der Waals surface area contributed by atoms with Gasteiger partial charge in [0.2, 0.25) is 5.91 Å². The highest BCUT2D eigenvalue weighted by molar-refractivity contribution is 8.00. The molecule has 0 atom stereocenters. The third-order valence-corrected chi connectivity index (χ3v) is 3.77. The van der Waals surface area contributed by atoms with Gasteiger partial charge in [-0.05, 0) is 36.4 Å². The topological polar surface area (TPSA) is 55.1 Å².